The summed E-state index contributed by atoms with van der Waals surface area (Å²) in [5.74, 6) is 0. The van der Waals surface area contributed by atoms with Crippen molar-refractivity contribution in [3.05, 3.63) is 290 Å². The molecule has 504 valence electrons. The minimum Gasteiger partial charge on any atom is -0.354 e. The predicted molar refractivity (Wildman–Crippen MR) is 420 cm³/mol. The Labute approximate surface area is 602 Å². The number of aromatic amines is 4. The van der Waals surface area contributed by atoms with Crippen molar-refractivity contribution in [1.29, 1.82) is 0 Å². The van der Waals surface area contributed by atoms with Crippen LogP contribution in [0.2, 0.25) is 0 Å². The number of hydrogen-bond donors (Lipinski definition) is 4. The minimum absolute atomic E-state index is 0.846. The molecule has 14 aromatic heterocycles. The maximum atomic E-state index is 5.39. The summed E-state index contributed by atoms with van der Waals surface area (Å²) in [6.45, 7) is 8.00. The van der Waals surface area contributed by atoms with Gasteiger partial charge in [0.25, 0.3) is 0 Å². The maximum absolute atomic E-state index is 5.39. The SMILES string of the molecule is C1=Cc2nc1c(-c1ccncc1)c1ccc([nH]1)c(-c1ccncc1)c1nc(c(-c3ccncc3)c3ccc([nH]3)c2-c2ccncc2)C=C1.CC.CC.C[n+]1ccc(-c2c3nc(c(-c4cc[n+](C)cc4)c4ccc([nH]4)c(-c4cc[n+](C)cc4)c4nc(c(-c5cc[n+](C)cc5)c5ccc2[nH]5)C=C4)C=C3)cc1. The van der Waals surface area contributed by atoms with Gasteiger partial charge in [0, 0.05) is 187 Å². The van der Waals surface area contributed by atoms with Gasteiger partial charge in [-0.15, -0.1) is 0 Å². The average molecular weight is 1360 g/mol. The zero-order chi connectivity index (χ0) is 71.2. The van der Waals surface area contributed by atoms with E-state index in [1.165, 1.54) is 0 Å². The fraction of sp³-hybridized carbons (Fsp3) is 0.0909. The molecule has 14 aromatic rings. The standard InChI is InChI=1S/C44H37N8.C40H26N8.2C2H6/c1-49-21-13-29(14-22-49)41-33-5-7-35(45-33)42(30-15-23-50(2)24-16-30)37-9-11-39(47-37)44(32-19-27-52(4)28-20-32)40-12-10-38(48-40)43(36-8-6-34(41)46-36)31-17-25-51(3)26-18-31;1-2-30-38(26-11-19-42-20-12-26)32-5-6-34(47-32)40(28-15-23-44-24-16-28)36-8-7-35(48-36)39(27-13-21-43-22-14-27)33-4-3-31(46-33)37(29(1)45-30)25-9-17-41-18-10-25;2*1-2/h5-28H,1-4H3,(H,45,46,47,48);1-24,45,48H;2*1-2H3/q+3;;;/p+1. The first-order valence-electron chi connectivity index (χ1n) is 34.9. The number of nitrogens with one attached hydrogen (secondary N) is 4. The van der Waals surface area contributed by atoms with Crippen LogP contribution in [0.1, 0.15) is 73.2 Å². The number of pyridine rings is 8. The fourth-order valence-corrected chi connectivity index (χ4v) is 13.6. The lowest BCUT2D eigenvalue weighted by atomic mass is 10.0. The largest absolute Gasteiger partial charge is 0.354 e. The Morgan fingerprint density at radius 1 is 0.192 bits per heavy atom. The highest BCUT2D eigenvalue weighted by Gasteiger charge is 2.23. The summed E-state index contributed by atoms with van der Waals surface area (Å²) in [6, 6.07) is 50.4. The van der Waals surface area contributed by atoms with Gasteiger partial charge in [0.2, 0.25) is 0 Å². The lowest BCUT2D eigenvalue weighted by molar-refractivity contribution is -0.671. The Balaban J connectivity index is 0.000000160. The molecule has 0 atom stereocenters. The van der Waals surface area contributed by atoms with E-state index in [9.17, 15) is 0 Å². The number of aromatic nitrogens is 16. The molecular weight excluding hydrogens is 1280 g/mol. The Morgan fingerprint density at radius 3 is 0.471 bits per heavy atom. The van der Waals surface area contributed by atoms with Crippen LogP contribution in [0.25, 0.3) is 182 Å². The van der Waals surface area contributed by atoms with E-state index in [4.69, 9.17) is 19.9 Å². The average Bonchev–Trinajstić information content (AvgIpc) is 1.61. The van der Waals surface area contributed by atoms with E-state index in [1.807, 2.05) is 172 Å². The van der Waals surface area contributed by atoms with Crippen LogP contribution >= 0.6 is 0 Å². The van der Waals surface area contributed by atoms with Crippen LogP contribution < -0.4 is 18.3 Å². The summed E-state index contributed by atoms with van der Waals surface area (Å²) in [5, 5.41) is 0. The van der Waals surface area contributed by atoms with Crippen molar-refractivity contribution in [2.75, 3.05) is 0 Å². The molecule has 0 fully saturated rings. The van der Waals surface area contributed by atoms with Gasteiger partial charge in [-0.05, 0) is 190 Å². The van der Waals surface area contributed by atoms with E-state index in [2.05, 4.69) is 235 Å². The van der Waals surface area contributed by atoms with Crippen LogP contribution in [0.15, 0.2) is 245 Å². The summed E-state index contributed by atoms with van der Waals surface area (Å²) in [5.41, 5.74) is 30.9. The predicted octanol–water partition coefficient (Wildman–Crippen LogP) is 17.6. The molecule has 4 N–H and O–H groups in total. The Morgan fingerprint density at radius 2 is 0.327 bits per heavy atom. The van der Waals surface area contributed by atoms with Crippen molar-refractivity contribution in [1.82, 2.24) is 59.8 Å². The van der Waals surface area contributed by atoms with Crippen molar-refractivity contribution < 1.29 is 18.3 Å². The molecule has 18 rings (SSSR count). The van der Waals surface area contributed by atoms with Gasteiger partial charge in [0.05, 0.1) is 45.6 Å². The quantitative estimate of drug-likeness (QED) is 0.108. The third-order valence-corrected chi connectivity index (χ3v) is 18.5. The van der Waals surface area contributed by atoms with Crippen LogP contribution in [0, 0.1) is 0 Å². The van der Waals surface area contributed by atoms with Crippen LogP contribution in [-0.4, -0.2) is 59.8 Å². The summed E-state index contributed by atoms with van der Waals surface area (Å²) in [7, 11) is 8.14. The summed E-state index contributed by atoms with van der Waals surface area (Å²) in [6.07, 6.45) is 48.0. The molecule has 4 aliphatic heterocycles. The molecule has 0 saturated heterocycles. The highest BCUT2D eigenvalue weighted by molar-refractivity contribution is 6.02. The first-order chi connectivity index (χ1) is 51.2. The van der Waals surface area contributed by atoms with Crippen LogP contribution in [0.3, 0.4) is 0 Å². The molecule has 16 nitrogen and oxygen atoms in total. The van der Waals surface area contributed by atoms with Gasteiger partial charge >= 0.3 is 0 Å². The van der Waals surface area contributed by atoms with E-state index in [-0.39, 0.29) is 0 Å². The van der Waals surface area contributed by atoms with E-state index < -0.39 is 0 Å². The van der Waals surface area contributed by atoms with Crippen molar-refractivity contribution >= 4 is 92.7 Å². The second kappa shape index (κ2) is 29.3. The van der Waals surface area contributed by atoms with Crippen LogP contribution in [0.5, 0.6) is 0 Å². The molecule has 4 aliphatic rings. The fourth-order valence-electron chi connectivity index (χ4n) is 13.6. The highest BCUT2D eigenvalue weighted by atomic mass is 14.9. The normalized spacial score (nSPS) is 11.7. The highest BCUT2D eigenvalue weighted by Crippen LogP contribution is 2.41. The zero-order valence-corrected chi connectivity index (χ0v) is 59.1. The third-order valence-electron chi connectivity index (χ3n) is 18.5. The zero-order valence-electron chi connectivity index (χ0n) is 59.1. The van der Waals surface area contributed by atoms with Crippen molar-refractivity contribution in [2.45, 2.75) is 27.7 Å². The molecule has 16 bridgehead atoms. The minimum atomic E-state index is 0.846. The number of hydrogen-bond acceptors (Lipinski definition) is 8. The van der Waals surface area contributed by atoms with Gasteiger partial charge in [0.1, 0.15) is 28.2 Å². The second-order valence-electron chi connectivity index (χ2n) is 25.0. The van der Waals surface area contributed by atoms with Crippen LogP contribution in [0.4, 0.5) is 0 Å². The van der Waals surface area contributed by atoms with E-state index >= 15 is 0 Å². The van der Waals surface area contributed by atoms with Crippen molar-refractivity contribution in [3.8, 4) is 89.0 Å². The molecule has 0 radical (unpaired) electrons. The molecule has 0 aromatic carbocycles. The maximum Gasteiger partial charge on any atom is 0.169 e. The molecule has 104 heavy (non-hydrogen) atoms. The van der Waals surface area contributed by atoms with Gasteiger partial charge in [0.15, 0.2) is 49.6 Å². The first kappa shape index (κ1) is 66.3. The topological polar surface area (TPSA) is 182 Å². The van der Waals surface area contributed by atoms with Gasteiger partial charge < -0.3 is 19.9 Å². The number of H-pyrrole nitrogens is 4. The third kappa shape index (κ3) is 13.2. The van der Waals surface area contributed by atoms with Gasteiger partial charge in [-0.25, -0.2) is 38.2 Å². The molecule has 0 amide bonds. The van der Waals surface area contributed by atoms with E-state index in [1.54, 1.807) is 0 Å². The van der Waals surface area contributed by atoms with Gasteiger partial charge in [-0.1, -0.05) is 27.7 Å². The second-order valence-corrected chi connectivity index (χ2v) is 25.0. The molecular formula is C88H76N16+4. The van der Waals surface area contributed by atoms with E-state index in [0.29, 0.717) is 0 Å². The smallest absolute Gasteiger partial charge is 0.169 e. The first-order valence-corrected chi connectivity index (χ1v) is 34.9. The number of aryl methyl sites for hydroxylation is 4. The van der Waals surface area contributed by atoms with Crippen LogP contribution in [-0.2, 0) is 28.2 Å². The van der Waals surface area contributed by atoms with Crippen molar-refractivity contribution in [2.24, 2.45) is 28.2 Å². The number of nitrogens with zero attached hydrogens (tertiary/aromatic N) is 12. The van der Waals surface area contributed by atoms with Gasteiger partial charge in [-0.3, -0.25) is 19.9 Å². The Kier molecular flexibility index (Phi) is 18.7. The molecule has 0 saturated carbocycles. The molecule has 16 heteroatoms. The lowest BCUT2D eigenvalue weighted by Crippen LogP contribution is -2.25. The monoisotopic (exact) mass is 1360 g/mol. The molecule has 0 aliphatic carbocycles. The molecule has 18 heterocycles. The summed E-state index contributed by atoms with van der Waals surface area (Å²) < 4.78 is 8.20. The van der Waals surface area contributed by atoms with Gasteiger partial charge in [-0.2, -0.15) is 0 Å². The van der Waals surface area contributed by atoms with E-state index in [0.717, 1.165) is 179 Å². The van der Waals surface area contributed by atoms with Crippen molar-refractivity contribution in [3.63, 3.8) is 0 Å². The Hall–Kier alpha value is -13.6. The molecule has 0 spiro atoms. The summed E-state index contributed by atoms with van der Waals surface area (Å²) in [4.78, 5) is 53.7. The Bertz CT molecular complexity index is 5290. The number of fused-ring (bicyclic) bond motifs is 16. The summed E-state index contributed by atoms with van der Waals surface area (Å²) >= 11 is 0. The molecule has 0 unspecified atom stereocenters. The number of rotatable bonds is 8. The lowest BCUT2D eigenvalue weighted by Gasteiger charge is -2.06.